The Morgan fingerprint density at radius 2 is 1.75 bits per heavy atom. The molecule has 1 aliphatic heterocycles. The van der Waals surface area contributed by atoms with Crippen LogP contribution in [0.5, 0.6) is 0 Å². The first-order valence-corrected chi connectivity index (χ1v) is 5.43. The second-order valence-corrected chi connectivity index (χ2v) is 3.28. The first kappa shape index (κ1) is 12.0. The molecule has 1 heteroatoms. The van der Waals surface area contributed by atoms with E-state index in [0.29, 0.717) is 12.2 Å². The number of ether oxygens (including phenoxy) is 1. The van der Waals surface area contributed by atoms with Gasteiger partial charge in [-0.25, -0.2) is 0 Å². The van der Waals surface area contributed by atoms with Crippen molar-refractivity contribution in [3.8, 4) is 0 Å². The summed E-state index contributed by atoms with van der Waals surface area (Å²) in [7, 11) is 0. The van der Waals surface area contributed by atoms with Crippen LogP contribution in [0.4, 0.5) is 0 Å². The highest BCUT2D eigenvalue weighted by Crippen LogP contribution is 2.29. The topological polar surface area (TPSA) is 9.23 Å². The molecule has 0 spiro atoms. The number of hydrogen-bond acceptors (Lipinski definition) is 1. The van der Waals surface area contributed by atoms with E-state index >= 15 is 0 Å². The Kier molecular flexibility index (Phi) is 6.45. The molecular formula is C11H24O. The van der Waals surface area contributed by atoms with Gasteiger partial charge in [-0.3, -0.25) is 0 Å². The predicted octanol–water partition coefficient (Wildman–Crippen LogP) is 3.63. The lowest BCUT2D eigenvalue weighted by Gasteiger charge is -2.09. The van der Waals surface area contributed by atoms with E-state index in [4.69, 9.17) is 4.74 Å². The predicted molar refractivity (Wildman–Crippen MR) is 54.4 cm³/mol. The van der Waals surface area contributed by atoms with Crippen LogP contribution in [-0.4, -0.2) is 12.2 Å². The van der Waals surface area contributed by atoms with Gasteiger partial charge < -0.3 is 4.74 Å². The van der Waals surface area contributed by atoms with Gasteiger partial charge in [-0.1, -0.05) is 34.1 Å². The summed E-state index contributed by atoms with van der Waals surface area (Å²) < 4.78 is 5.71. The van der Waals surface area contributed by atoms with E-state index in [9.17, 15) is 0 Å². The molecule has 0 bridgehead atoms. The molecule has 74 valence electrons. The van der Waals surface area contributed by atoms with E-state index in [1.807, 2.05) is 13.8 Å². The van der Waals surface area contributed by atoms with Crippen LogP contribution >= 0.6 is 0 Å². The molecule has 1 aliphatic rings. The van der Waals surface area contributed by atoms with Crippen LogP contribution in [0.1, 0.15) is 53.9 Å². The maximum atomic E-state index is 5.71. The molecule has 0 saturated carbocycles. The van der Waals surface area contributed by atoms with E-state index < -0.39 is 0 Å². The summed E-state index contributed by atoms with van der Waals surface area (Å²) in [6.45, 7) is 10.7. The van der Waals surface area contributed by atoms with Crippen molar-refractivity contribution in [3.05, 3.63) is 0 Å². The molecule has 12 heavy (non-hydrogen) atoms. The Hall–Kier alpha value is -0.0400. The summed E-state index contributed by atoms with van der Waals surface area (Å²) in [6.07, 6.45) is 4.81. The fraction of sp³-hybridized carbons (Fsp3) is 1.00. The first-order valence-electron chi connectivity index (χ1n) is 5.43. The van der Waals surface area contributed by atoms with Crippen molar-refractivity contribution in [1.82, 2.24) is 0 Å². The van der Waals surface area contributed by atoms with Crippen molar-refractivity contribution in [3.63, 3.8) is 0 Å². The van der Waals surface area contributed by atoms with Gasteiger partial charge in [0, 0.05) is 0 Å². The molecule has 1 fully saturated rings. The third-order valence-electron chi connectivity index (χ3n) is 2.62. The largest absolute Gasteiger partial charge is 0.375 e. The zero-order valence-electron chi connectivity index (χ0n) is 9.26. The first-order chi connectivity index (χ1) is 5.77. The third-order valence-corrected chi connectivity index (χ3v) is 2.62. The molecular weight excluding hydrogens is 148 g/mol. The SMILES string of the molecule is CC.CCC1CC(CC)C(C)O1. The fourth-order valence-corrected chi connectivity index (χ4v) is 1.76. The molecule has 0 aromatic carbocycles. The minimum absolute atomic E-state index is 0.509. The lowest BCUT2D eigenvalue weighted by atomic mass is 9.97. The zero-order valence-corrected chi connectivity index (χ0v) is 9.26. The average Bonchev–Trinajstić information content (AvgIpc) is 2.49. The summed E-state index contributed by atoms with van der Waals surface area (Å²) in [5.74, 6) is 0.824. The second kappa shape index (κ2) is 6.47. The molecule has 0 amide bonds. The van der Waals surface area contributed by atoms with Gasteiger partial charge in [-0.05, 0) is 25.7 Å². The highest BCUT2D eigenvalue weighted by Gasteiger charge is 2.29. The standard InChI is InChI=1S/C9H18O.C2H6/c1-4-8-6-9(5-2)10-7(8)3;1-2/h7-9H,4-6H2,1-3H3;1-2H3. The lowest BCUT2D eigenvalue weighted by Crippen LogP contribution is -2.09. The number of rotatable bonds is 2. The van der Waals surface area contributed by atoms with Gasteiger partial charge in [0.1, 0.15) is 0 Å². The van der Waals surface area contributed by atoms with Gasteiger partial charge in [-0.2, -0.15) is 0 Å². The van der Waals surface area contributed by atoms with Crippen LogP contribution < -0.4 is 0 Å². The van der Waals surface area contributed by atoms with E-state index in [0.717, 1.165) is 5.92 Å². The van der Waals surface area contributed by atoms with Crippen molar-refractivity contribution in [2.45, 2.75) is 66.1 Å². The Morgan fingerprint density at radius 1 is 1.17 bits per heavy atom. The molecule has 0 N–H and O–H groups in total. The van der Waals surface area contributed by atoms with Gasteiger partial charge in [0.2, 0.25) is 0 Å². The summed E-state index contributed by atoms with van der Waals surface area (Å²) >= 11 is 0. The van der Waals surface area contributed by atoms with Crippen molar-refractivity contribution in [1.29, 1.82) is 0 Å². The summed E-state index contributed by atoms with van der Waals surface area (Å²) in [5, 5.41) is 0. The van der Waals surface area contributed by atoms with E-state index in [1.165, 1.54) is 19.3 Å². The maximum Gasteiger partial charge on any atom is 0.0579 e. The quantitative estimate of drug-likeness (QED) is 0.618. The van der Waals surface area contributed by atoms with Crippen molar-refractivity contribution in [2.75, 3.05) is 0 Å². The zero-order chi connectivity index (χ0) is 9.56. The molecule has 0 aliphatic carbocycles. The minimum atomic E-state index is 0.509. The second-order valence-electron chi connectivity index (χ2n) is 3.28. The molecule has 1 nitrogen and oxygen atoms in total. The van der Waals surface area contributed by atoms with Crippen LogP contribution in [0.15, 0.2) is 0 Å². The summed E-state index contributed by atoms with van der Waals surface area (Å²) in [6, 6.07) is 0. The molecule has 1 saturated heterocycles. The van der Waals surface area contributed by atoms with Crippen LogP contribution in [0.2, 0.25) is 0 Å². The summed E-state index contributed by atoms with van der Waals surface area (Å²) in [4.78, 5) is 0. The highest BCUT2D eigenvalue weighted by molar-refractivity contribution is 4.77. The van der Waals surface area contributed by atoms with Crippen molar-refractivity contribution >= 4 is 0 Å². The number of hydrogen-bond donors (Lipinski definition) is 0. The van der Waals surface area contributed by atoms with Gasteiger partial charge >= 0.3 is 0 Å². The van der Waals surface area contributed by atoms with Gasteiger partial charge in [0.25, 0.3) is 0 Å². The molecule has 1 heterocycles. The van der Waals surface area contributed by atoms with Gasteiger partial charge in [0.05, 0.1) is 12.2 Å². The lowest BCUT2D eigenvalue weighted by molar-refractivity contribution is 0.0439. The van der Waals surface area contributed by atoms with Gasteiger partial charge in [0.15, 0.2) is 0 Å². The van der Waals surface area contributed by atoms with Crippen molar-refractivity contribution < 1.29 is 4.74 Å². The molecule has 1 rings (SSSR count). The Morgan fingerprint density at radius 3 is 2.00 bits per heavy atom. The average molecular weight is 172 g/mol. The van der Waals surface area contributed by atoms with E-state index in [-0.39, 0.29) is 0 Å². The molecule has 0 aromatic heterocycles. The van der Waals surface area contributed by atoms with Crippen molar-refractivity contribution in [2.24, 2.45) is 5.92 Å². The van der Waals surface area contributed by atoms with Crippen LogP contribution in [0.25, 0.3) is 0 Å². The Balaban J connectivity index is 0.000000561. The molecule has 3 unspecified atom stereocenters. The van der Waals surface area contributed by atoms with Crippen LogP contribution in [-0.2, 0) is 4.74 Å². The van der Waals surface area contributed by atoms with E-state index in [1.54, 1.807) is 0 Å². The molecule has 0 radical (unpaired) electrons. The Labute approximate surface area is 77.5 Å². The normalized spacial score (nSPS) is 34.2. The van der Waals surface area contributed by atoms with E-state index in [2.05, 4.69) is 20.8 Å². The summed E-state index contributed by atoms with van der Waals surface area (Å²) in [5.41, 5.74) is 0. The maximum absolute atomic E-state index is 5.71. The molecule has 3 atom stereocenters. The fourth-order valence-electron chi connectivity index (χ4n) is 1.76. The van der Waals surface area contributed by atoms with Gasteiger partial charge in [-0.15, -0.1) is 0 Å². The monoisotopic (exact) mass is 172 g/mol. The smallest absolute Gasteiger partial charge is 0.0579 e. The third kappa shape index (κ3) is 3.14. The minimum Gasteiger partial charge on any atom is -0.375 e. The Bertz CT molecular complexity index is 101. The molecule has 0 aromatic rings. The van der Waals surface area contributed by atoms with Crippen LogP contribution in [0, 0.1) is 5.92 Å². The van der Waals surface area contributed by atoms with Crippen LogP contribution in [0.3, 0.4) is 0 Å². The highest BCUT2D eigenvalue weighted by atomic mass is 16.5.